The summed E-state index contributed by atoms with van der Waals surface area (Å²) in [5.74, 6) is -2.26. The van der Waals surface area contributed by atoms with Crippen LogP contribution in [-0.4, -0.2) is 23.8 Å². The fraction of sp³-hybridized carbons (Fsp3) is 0.200. The third-order valence-electron chi connectivity index (χ3n) is 5.80. The van der Waals surface area contributed by atoms with Crippen molar-refractivity contribution in [2.45, 2.75) is 24.3 Å². The molecule has 0 radical (unpaired) electrons. The van der Waals surface area contributed by atoms with Crippen molar-refractivity contribution in [1.29, 1.82) is 0 Å². The molecule has 2 N–H and O–H groups in total. The molecule has 0 saturated heterocycles. The molecule has 0 aliphatic heterocycles. The first kappa shape index (κ1) is 25.1. The van der Waals surface area contributed by atoms with Crippen LogP contribution in [0.25, 0.3) is 11.1 Å². The fourth-order valence-corrected chi connectivity index (χ4v) is 4.19. The molecule has 0 fully saturated rings. The van der Waals surface area contributed by atoms with Crippen LogP contribution in [0.5, 0.6) is 0 Å². The average molecular weight is 509 g/mol. The minimum atomic E-state index is -5.18. The van der Waals surface area contributed by atoms with Gasteiger partial charge in [0.15, 0.2) is 6.04 Å². The summed E-state index contributed by atoms with van der Waals surface area (Å²) in [7, 11) is 0. The largest absolute Gasteiger partial charge is 0.479 e. The zero-order chi connectivity index (χ0) is 26.3. The molecule has 0 saturated carbocycles. The second-order valence-corrected chi connectivity index (χ2v) is 8.08. The van der Waals surface area contributed by atoms with Gasteiger partial charge < -0.3 is 15.2 Å². The summed E-state index contributed by atoms with van der Waals surface area (Å²) in [5, 5.41) is 11.3. The van der Waals surface area contributed by atoms with E-state index in [0.29, 0.717) is 0 Å². The first-order valence-corrected chi connectivity index (χ1v) is 10.5. The van der Waals surface area contributed by atoms with E-state index < -0.39 is 53.1 Å². The number of nitrogens with one attached hydrogen (secondary N) is 1. The van der Waals surface area contributed by atoms with Crippen molar-refractivity contribution in [3.63, 3.8) is 0 Å². The molecular formula is C25H17F6NO4. The van der Waals surface area contributed by atoms with Gasteiger partial charge in [-0.05, 0) is 46.0 Å². The number of alkyl halides is 6. The number of carboxylic acids is 1. The van der Waals surface area contributed by atoms with Crippen molar-refractivity contribution in [3.8, 4) is 11.1 Å². The molecular weight excluding hydrogens is 492 g/mol. The Bertz CT molecular complexity index is 1240. The highest BCUT2D eigenvalue weighted by Crippen LogP contribution is 2.44. The van der Waals surface area contributed by atoms with Gasteiger partial charge in [0.05, 0.1) is 11.1 Å². The number of halogens is 6. The summed E-state index contributed by atoms with van der Waals surface area (Å²) in [6.45, 7) is -0.234. The van der Waals surface area contributed by atoms with Crippen molar-refractivity contribution < 1.29 is 45.8 Å². The molecule has 0 heterocycles. The molecule has 0 spiro atoms. The molecule has 3 aromatic carbocycles. The summed E-state index contributed by atoms with van der Waals surface area (Å²) >= 11 is 0. The van der Waals surface area contributed by atoms with Gasteiger partial charge in [-0.3, -0.25) is 0 Å². The van der Waals surface area contributed by atoms with E-state index in [9.17, 15) is 41.0 Å². The van der Waals surface area contributed by atoms with Gasteiger partial charge >= 0.3 is 24.4 Å². The number of carbonyl (C=O) groups is 2. The van der Waals surface area contributed by atoms with E-state index in [1.165, 1.54) is 0 Å². The number of carboxylic acid groups (broad SMARTS) is 1. The second-order valence-electron chi connectivity index (χ2n) is 8.08. The Morgan fingerprint density at radius 2 is 1.31 bits per heavy atom. The van der Waals surface area contributed by atoms with Crippen molar-refractivity contribution in [1.82, 2.24) is 5.32 Å². The highest BCUT2D eigenvalue weighted by Gasteiger charge is 2.39. The Morgan fingerprint density at radius 1 is 0.833 bits per heavy atom. The fourth-order valence-electron chi connectivity index (χ4n) is 4.19. The van der Waals surface area contributed by atoms with E-state index in [1.54, 1.807) is 12.1 Å². The summed E-state index contributed by atoms with van der Waals surface area (Å²) < 4.78 is 84.2. The lowest BCUT2D eigenvalue weighted by Crippen LogP contribution is -2.35. The Labute approximate surface area is 200 Å². The number of ether oxygens (including phenoxy) is 1. The van der Waals surface area contributed by atoms with Gasteiger partial charge in [0.2, 0.25) is 0 Å². The van der Waals surface area contributed by atoms with Crippen LogP contribution in [0.3, 0.4) is 0 Å². The number of fused-ring (bicyclic) bond motifs is 3. The lowest BCUT2D eigenvalue weighted by Gasteiger charge is -2.20. The first-order valence-electron chi connectivity index (χ1n) is 10.5. The number of alkyl carbamates (subject to hydrolysis) is 1. The van der Waals surface area contributed by atoms with E-state index in [1.807, 2.05) is 41.7 Å². The number of carbonyl (C=O) groups excluding carboxylic acids is 1. The van der Waals surface area contributed by atoms with E-state index in [2.05, 4.69) is 0 Å². The van der Waals surface area contributed by atoms with Gasteiger partial charge in [0.25, 0.3) is 0 Å². The predicted molar refractivity (Wildman–Crippen MR) is 115 cm³/mol. The maximum absolute atomic E-state index is 13.2. The molecule has 0 bridgehead atoms. The van der Waals surface area contributed by atoms with E-state index in [4.69, 9.17) is 4.74 Å². The smallest absolute Gasteiger partial charge is 0.416 e. The van der Waals surface area contributed by atoms with Crippen molar-refractivity contribution in [2.75, 3.05) is 6.61 Å². The molecule has 3 aromatic rings. The number of hydrogen-bond donors (Lipinski definition) is 2. The number of benzene rings is 3. The summed E-state index contributed by atoms with van der Waals surface area (Å²) in [4.78, 5) is 24.1. The molecule has 0 unspecified atom stereocenters. The highest BCUT2D eigenvalue weighted by atomic mass is 19.4. The van der Waals surface area contributed by atoms with Gasteiger partial charge in [-0.2, -0.15) is 26.3 Å². The van der Waals surface area contributed by atoms with E-state index in [-0.39, 0.29) is 24.8 Å². The monoisotopic (exact) mass is 509 g/mol. The minimum Gasteiger partial charge on any atom is -0.479 e. The zero-order valence-electron chi connectivity index (χ0n) is 18.2. The van der Waals surface area contributed by atoms with E-state index in [0.717, 1.165) is 22.3 Å². The number of hydrogen-bond acceptors (Lipinski definition) is 3. The Morgan fingerprint density at radius 3 is 1.75 bits per heavy atom. The Kier molecular flexibility index (Phi) is 6.42. The molecule has 1 atom stereocenters. The predicted octanol–water partition coefficient (Wildman–Crippen LogP) is 6.39. The summed E-state index contributed by atoms with van der Waals surface area (Å²) in [6, 6.07) is 12.9. The topological polar surface area (TPSA) is 75.6 Å². The van der Waals surface area contributed by atoms with Gasteiger partial charge in [-0.15, -0.1) is 0 Å². The molecule has 5 nitrogen and oxygen atoms in total. The highest BCUT2D eigenvalue weighted by molar-refractivity contribution is 5.82. The lowest BCUT2D eigenvalue weighted by molar-refractivity contribution is -0.144. The normalized spacial score (nSPS) is 14.1. The lowest BCUT2D eigenvalue weighted by atomic mass is 9.98. The maximum Gasteiger partial charge on any atom is 0.416 e. The van der Waals surface area contributed by atoms with Crippen LogP contribution in [0.2, 0.25) is 0 Å². The Balaban J connectivity index is 1.56. The summed E-state index contributed by atoms with van der Waals surface area (Å²) in [5.41, 5.74) is -0.745. The molecule has 1 aliphatic rings. The maximum atomic E-state index is 13.2. The standard InChI is InChI=1S/C25H17F6NO4/c26-24(27,28)14-9-13(10-15(11-14)25(29,30)31)21(22(33)34)32-23(35)36-12-20-18-7-3-1-5-16(18)17-6-2-4-8-19(17)20/h1-11,20-21H,12H2,(H,32,35)(H,33,34)/t21-/m0/s1. The van der Waals surface area contributed by atoms with Crippen molar-refractivity contribution >= 4 is 12.1 Å². The third kappa shape index (κ3) is 5.00. The SMILES string of the molecule is O=C(N[C@H](C(=O)O)c1cc(C(F)(F)F)cc(C(F)(F)F)c1)OCC1c2ccccc2-c2ccccc21. The number of amides is 1. The third-order valence-corrected chi connectivity index (χ3v) is 5.80. The molecule has 188 valence electrons. The number of aliphatic carboxylic acids is 1. The zero-order valence-corrected chi connectivity index (χ0v) is 18.2. The first-order chi connectivity index (χ1) is 16.9. The molecule has 11 heteroatoms. The van der Waals surface area contributed by atoms with Gasteiger partial charge in [0.1, 0.15) is 6.61 Å². The van der Waals surface area contributed by atoms with Crippen LogP contribution in [-0.2, 0) is 21.9 Å². The molecule has 1 amide bonds. The number of rotatable bonds is 5. The van der Waals surface area contributed by atoms with Crippen LogP contribution >= 0.6 is 0 Å². The second kappa shape index (κ2) is 9.21. The van der Waals surface area contributed by atoms with Crippen LogP contribution in [0.15, 0.2) is 66.7 Å². The van der Waals surface area contributed by atoms with Crippen molar-refractivity contribution in [2.24, 2.45) is 0 Å². The minimum absolute atomic E-state index is 0.129. The summed E-state index contributed by atoms with van der Waals surface area (Å²) in [6.07, 6.45) is -11.7. The Hall–Kier alpha value is -4.02. The van der Waals surface area contributed by atoms with Gasteiger partial charge in [0, 0.05) is 5.92 Å². The van der Waals surface area contributed by atoms with Crippen LogP contribution in [0.1, 0.15) is 39.8 Å². The van der Waals surface area contributed by atoms with Crippen molar-refractivity contribution in [3.05, 3.63) is 94.5 Å². The van der Waals surface area contributed by atoms with E-state index >= 15 is 0 Å². The molecule has 4 rings (SSSR count). The quantitative estimate of drug-likeness (QED) is 0.391. The van der Waals surface area contributed by atoms with Crippen LogP contribution < -0.4 is 5.32 Å². The van der Waals surface area contributed by atoms with Gasteiger partial charge in [-0.25, -0.2) is 9.59 Å². The van der Waals surface area contributed by atoms with Crippen LogP contribution in [0.4, 0.5) is 31.1 Å². The molecule has 1 aliphatic carbocycles. The average Bonchev–Trinajstić information content (AvgIpc) is 3.13. The van der Waals surface area contributed by atoms with Crippen LogP contribution in [0, 0.1) is 0 Å². The van der Waals surface area contributed by atoms with Gasteiger partial charge in [-0.1, -0.05) is 48.5 Å². The molecule has 36 heavy (non-hydrogen) atoms. The molecule has 0 aromatic heterocycles.